The van der Waals surface area contributed by atoms with Gasteiger partial charge in [-0.25, -0.2) is 4.57 Å². The number of carbonyl (C=O) groups is 2. The molecule has 548 valence electrons. The molecule has 0 aromatic carbocycles. The van der Waals surface area contributed by atoms with E-state index in [1.54, 1.807) is 0 Å². The molecular formula is C86H147NO8P+. The van der Waals surface area contributed by atoms with Crippen LogP contribution in [0, 0.1) is 0 Å². The van der Waals surface area contributed by atoms with Crippen LogP contribution in [0.15, 0.2) is 158 Å². The maximum absolute atomic E-state index is 12.9. The van der Waals surface area contributed by atoms with Crippen LogP contribution in [0.4, 0.5) is 0 Å². The molecule has 1 N–H and O–H groups in total. The van der Waals surface area contributed by atoms with Crippen LogP contribution >= 0.6 is 7.82 Å². The van der Waals surface area contributed by atoms with E-state index in [0.29, 0.717) is 17.4 Å². The molecular weight excluding hydrogens is 1210 g/mol. The molecule has 0 aromatic heterocycles. The number of carbonyl (C=O) groups excluding carboxylic acids is 2. The molecule has 0 aromatic rings. The minimum absolute atomic E-state index is 0.0232. The molecule has 2 unspecified atom stereocenters. The lowest BCUT2D eigenvalue weighted by molar-refractivity contribution is -0.870. The van der Waals surface area contributed by atoms with Crippen molar-refractivity contribution in [3.63, 3.8) is 0 Å². The van der Waals surface area contributed by atoms with Crippen molar-refractivity contribution in [3.8, 4) is 0 Å². The number of unbranched alkanes of at least 4 members (excludes halogenated alkanes) is 31. The fraction of sp³-hybridized carbons (Fsp3) is 0.674. The van der Waals surface area contributed by atoms with E-state index in [9.17, 15) is 19.0 Å². The highest BCUT2D eigenvalue weighted by molar-refractivity contribution is 7.47. The van der Waals surface area contributed by atoms with Crippen molar-refractivity contribution in [2.24, 2.45) is 0 Å². The summed E-state index contributed by atoms with van der Waals surface area (Å²) < 4.78 is 34.8. The molecule has 0 aliphatic heterocycles. The van der Waals surface area contributed by atoms with Gasteiger partial charge in [-0.1, -0.05) is 339 Å². The Morgan fingerprint density at radius 1 is 0.333 bits per heavy atom. The second-order valence-corrected chi connectivity index (χ2v) is 28.5. The number of esters is 2. The Hall–Kier alpha value is -4.37. The maximum atomic E-state index is 12.9. The van der Waals surface area contributed by atoms with Crippen molar-refractivity contribution >= 4 is 19.8 Å². The summed E-state index contributed by atoms with van der Waals surface area (Å²) in [5, 5.41) is 0. The Balaban J connectivity index is 4.07. The van der Waals surface area contributed by atoms with E-state index in [1.807, 2.05) is 21.1 Å². The van der Waals surface area contributed by atoms with Crippen molar-refractivity contribution in [1.82, 2.24) is 0 Å². The first-order valence-corrected chi connectivity index (χ1v) is 40.7. The van der Waals surface area contributed by atoms with Crippen molar-refractivity contribution in [1.29, 1.82) is 0 Å². The van der Waals surface area contributed by atoms with Gasteiger partial charge in [-0.05, 0) is 128 Å². The number of nitrogens with zero attached hydrogens (tertiary/aromatic N) is 1. The summed E-state index contributed by atoms with van der Waals surface area (Å²) in [6, 6.07) is 0. The summed E-state index contributed by atoms with van der Waals surface area (Å²) in [5.74, 6) is -0.809. The van der Waals surface area contributed by atoms with E-state index in [4.69, 9.17) is 18.5 Å². The van der Waals surface area contributed by atoms with Crippen LogP contribution in [-0.4, -0.2) is 74.9 Å². The quantitative estimate of drug-likeness (QED) is 0.0211. The zero-order valence-electron chi connectivity index (χ0n) is 62.6. The monoisotopic (exact) mass is 1350 g/mol. The molecule has 0 aliphatic carbocycles. The van der Waals surface area contributed by atoms with E-state index in [1.165, 1.54) is 167 Å². The number of quaternary nitrogens is 1. The number of rotatable bonds is 71. The third-order valence-corrected chi connectivity index (χ3v) is 17.5. The summed E-state index contributed by atoms with van der Waals surface area (Å²) in [5.41, 5.74) is 0. The number of phosphoric acid groups is 1. The summed E-state index contributed by atoms with van der Waals surface area (Å²) in [7, 11) is 1.46. The molecule has 0 fully saturated rings. The zero-order valence-corrected chi connectivity index (χ0v) is 63.5. The van der Waals surface area contributed by atoms with E-state index < -0.39 is 26.5 Å². The smallest absolute Gasteiger partial charge is 0.462 e. The highest BCUT2D eigenvalue weighted by atomic mass is 31.2. The maximum Gasteiger partial charge on any atom is 0.472 e. The average Bonchev–Trinajstić information content (AvgIpc) is 2.54. The minimum Gasteiger partial charge on any atom is -0.462 e. The van der Waals surface area contributed by atoms with Gasteiger partial charge in [0.15, 0.2) is 6.10 Å². The largest absolute Gasteiger partial charge is 0.472 e. The van der Waals surface area contributed by atoms with E-state index in [-0.39, 0.29) is 32.0 Å². The van der Waals surface area contributed by atoms with Gasteiger partial charge in [0.2, 0.25) is 0 Å². The van der Waals surface area contributed by atoms with E-state index in [2.05, 4.69) is 172 Å². The van der Waals surface area contributed by atoms with Crippen LogP contribution in [-0.2, 0) is 32.7 Å². The van der Waals surface area contributed by atoms with Crippen LogP contribution in [0.1, 0.15) is 322 Å². The standard InChI is InChI=1S/C86H146NO8P/c1-6-8-10-12-14-16-18-20-22-24-26-28-30-32-34-36-38-39-40-41-42-43-44-45-46-47-49-51-53-55-57-59-61-63-65-67-69-71-73-75-77-79-86(89)95-84(83-94-96(90,91)93-81-80-87(3,4)5)82-92-85(88)78-76-74-72-70-68-66-64-62-60-58-56-54-52-50-48-37-35-33-31-29-27-25-23-21-19-17-15-13-11-9-7-2/h8,10,14,16,19-22,25-28,32,34,38-39,41-42,44-45,47,49,53,55,59,61,84H,6-7,9,11-13,15,17-18,23-24,29-31,33,35-37,40,43,46,48,50-52,54,56-58,60,62-83H2,1-5H3/p+1/b10-8-,16-14-,21-19-,22-20-,27-25-,28-26-,34-32-,39-38-,42-41-,45-44-,49-47-,55-53-,61-59-. The first-order valence-electron chi connectivity index (χ1n) is 39.2. The number of ether oxygens (including phenoxy) is 2. The van der Waals surface area contributed by atoms with Gasteiger partial charge in [-0.3, -0.25) is 18.6 Å². The number of hydrogen-bond donors (Lipinski definition) is 1. The summed E-state index contributed by atoms with van der Waals surface area (Å²) in [6.45, 7) is 4.31. The van der Waals surface area contributed by atoms with Crippen LogP contribution < -0.4 is 0 Å². The van der Waals surface area contributed by atoms with E-state index in [0.717, 1.165) is 122 Å². The van der Waals surface area contributed by atoms with Gasteiger partial charge in [0.25, 0.3) is 0 Å². The Kier molecular flexibility index (Phi) is 71.4. The predicted octanol–water partition coefficient (Wildman–Crippen LogP) is 26.3. The lowest BCUT2D eigenvalue weighted by atomic mass is 10.0. The van der Waals surface area contributed by atoms with Gasteiger partial charge in [-0.15, -0.1) is 0 Å². The first kappa shape index (κ1) is 91.6. The fourth-order valence-corrected chi connectivity index (χ4v) is 11.3. The van der Waals surface area contributed by atoms with Gasteiger partial charge >= 0.3 is 19.8 Å². The van der Waals surface area contributed by atoms with Crippen molar-refractivity contribution in [2.45, 2.75) is 328 Å². The summed E-state index contributed by atoms with van der Waals surface area (Å²) in [6.07, 6.45) is 112. The molecule has 0 saturated carbocycles. The fourth-order valence-electron chi connectivity index (χ4n) is 10.6. The molecule has 10 heteroatoms. The molecule has 0 rings (SSSR count). The topological polar surface area (TPSA) is 108 Å². The molecule has 0 spiro atoms. The minimum atomic E-state index is -4.41. The summed E-state index contributed by atoms with van der Waals surface area (Å²) in [4.78, 5) is 36.0. The molecule has 0 heterocycles. The zero-order chi connectivity index (χ0) is 69.7. The second kappa shape index (κ2) is 74.8. The van der Waals surface area contributed by atoms with Gasteiger partial charge < -0.3 is 18.9 Å². The van der Waals surface area contributed by atoms with Crippen molar-refractivity contribution < 1.29 is 42.1 Å². The van der Waals surface area contributed by atoms with E-state index >= 15 is 0 Å². The van der Waals surface area contributed by atoms with Gasteiger partial charge in [-0.2, -0.15) is 0 Å². The third-order valence-electron chi connectivity index (χ3n) is 16.5. The van der Waals surface area contributed by atoms with Crippen LogP contribution in [0.3, 0.4) is 0 Å². The second-order valence-electron chi connectivity index (χ2n) is 27.0. The Bertz CT molecular complexity index is 2180. The Labute approximate surface area is 592 Å². The Morgan fingerprint density at radius 3 is 0.885 bits per heavy atom. The average molecular weight is 1350 g/mol. The SMILES string of the molecule is CC/C=C\C/C=C\C/C=C\C/C=C\C/C=C\C/C=C\C/C=C\C/C=C\C/C=C\C/C=C\C/C=C\CCCCCCCCCC(=O)OC(COC(=O)CCCCCCCCCCCCCCCCCCCCC/C=C\C/C=C\CCCCCCC)COP(=O)(O)OCC[N+](C)(C)C. The predicted molar refractivity (Wildman–Crippen MR) is 417 cm³/mol. The van der Waals surface area contributed by atoms with Crippen molar-refractivity contribution in [2.75, 3.05) is 47.5 Å². The van der Waals surface area contributed by atoms with Crippen molar-refractivity contribution in [3.05, 3.63) is 158 Å². The first-order chi connectivity index (χ1) is 47.0. The number of hydrogen-bond acceptors (Lipinski definition) is 7. The molecule has 96 heavy (non-hydrogen) atoms. The lowest BCUT2D eigenvalue weighted by Crippen LogP contribution is -2.37. The lowest BCUT2D eigenvalue weighted by Gasteiger charge is -2.24. The number of likely N-dealkylation sites (N-methyl/N-ethyl adjacent to an activating group) is 1. The highest BCUT2D eigenvalue weighted by Gasteiger charge is 2.27. The number of allylic oxidation sites excluding steroid dienone is 26. The van der Waals surface area contributed by atoms with Gasteiger partial charge in [0, 0.05) is 12.8 Å². The highest BCUT2D eigenvalue weighted by Crippen LogP contribution is 2.43. The van der Waals surface area contributed by atoms with Crippen LogP contribution in [0.5, 0.6) is 0 Å². The molecule has 0 radical (unpaired) electrons. The molecule has 2 atom stereocenters. The Morgan fingerprint density at radius 2 is 0.594 bits per heavy atom. The normalized spacial score (nSPS) is 13.9. The van der Waals surface area contributed by atoms with Gasteiger partial charge in [0.05, 0.1) is 27.7 Å². The number of phosphoric ester groups is 1. The van der Waals surface area contributed by atoms with Gasteiger partial charge in [0.1, 0.15) is 19.8 Å². The third kappa shape index (κ3) is 78.6. The van der Waals surface area contributed by atoms with Crippen LogP contribution in [0.2, 0.25) is 0 Å². The molecule has 9 nitrogen and oxygen atoms in total. The van der Waals surface area contributed by atoms with Crippen LogP contribution in [0.25, 0.3) is 0 Å². The molecule has 0 amide bonds. The summed E-state index contributed by atoms with van der Waals surface area (Å²) >= 11 is 0. The molecule has 0 bridgehead atoms. The molecule has 0 aliphatic rings. The molecule has 0 saturated heterocycles.